The molecule has 0 spiro atoms. The summed E-state index contributed by atoms with van der Waals surface area (Å²) in [7, 11) is 0. The van der Waals surface area contributed by atoms with E-state index in [9.17, 15) is 32.4 Å². The quantitative estimate of drug-likeness (QED) is 0.374. The Labute approximate surface area is 185 Å². The van der Waals surface area contributed by atoms with Gasteiger partial charge >= 0.3 is 17.8 Å². The van der Waals surface area contributed by atoms with Crippen LogP contribution in [0.5, 0.6) is 0 Å². The summed E-state index contributed by atoms with van der Waals surface area (Å²) in [6.45, 7) is 0.947. The minimum absolute atomic E-state index is 0.0126. The van der Waals surface area contributed by atoms with Crippen molar-refractivity contribution in [1.29, 1.82) is 5.26 Å². The summed E-state index contributed by atoms with van der Waals surface area (Å²) >= 11 is 0.948. The summed E-state index contributed by atoms with van der Waals surface area (Å²) in [4.78, 5) is 26.0. The number of carbonyl (C=O) groups is 2. The smallest absolute Gasteiger partial charge is 0.441 e. The van der Waals surface area contributed by atoms with E-state index in [1.165, 1.54) is 6.92 Å². The number of halogens is 4. The highest BCUT2D eigenvalue weighted by atomic mass is 32.1. The second-order valence-electron chi connectivity index (χ2n) is 7.08. The SMILES string of the molecule is CCOC(=O)[C@](NC(=O)c1ccc(F)cc1)(Nc1sc2c(c1C#N)CCCC2)C(F)(F)F. The number of rotatable bonds is 6. The molecule has 1 aliphatic rings. The minimum Gasteiger partial charge on any atom is -0.463 e. The lowest BCUT2D eigenvalue weighted by molar-refractivity contribution is -0.204. The third-order valence-corrected chi connectivity index (χ3v) is 6.21. The summed E-state index contributed by atoms with van der Waals surface area (Å²) in [6.07, 6.45) is -2.57. The first-order chi connectivity index (χ1) is 15.1. The Morgan fingerprint density at radius 2 is 1.84 bits per heavy atom. The zero-order chi connectivity index (χ0) is 23.5. The van der Waals surface area contributed by atoms with Crippen LogP contribution in [0.3, 0.4) is 0 Å². The van der Waals surface area contributed by atoms with Crippen LogP contribution in [0.1, 0.15) is 46.1 Å². The third kappa shape index (κ3) is 4.41. The lowest BCUT2D eigenvalue weighted by atomic mass is 9.96. The molecule has 0 fully saturated rings. The highest BCUT2D eigenvalue weighted by Gasteiger charge is 2.64. The van der Waals surface area contributed by atoms with Gasteiger partial charge in [-0.25, -0.2) is 9.18 Å². The number of nitrogens with one attached hydrogen (secondary N) is 2. The number of esters is 1. The predicted octanol–water partition coefficient (Wildman–Crippen LogP) is 4.30. The maximum atomic E-state index is 14.4. The van der Waals surface area contributed by atoms with Crippen molar-refractivity contribution in [2.45, 2.75) is 44.4 Å². The van der Waals surface area contributed by atoms with Crippen molar-refractivity contribution >= 4 is 28.2 Å². The van der Waals surface area contributed by atoms with Gasteiger partial charge in [0.15, 0.2) is 0 Å². The van der Waals surface area contributed by atoms with Crippen LogP contribution in [-0.2, 0) is 22.4 Å². The molecule has 1 aliphatic carbocycles. The van der Waals surface area contributed by atoms with Crippen molar-refractivity contribution in [3.63, 3.8) is 0 Å². The Morgan fingerprint density at radius 3 is 2.44 bits per heavy atom. The van der Waals surface area contributed by atoms with Crippen LogP contribution in [0, 0.1) is 17.1 Å². The third-order valence-electron chi connectivity index (χ3n) is 5.00. The molecular formula is C21H19F4N3O3S. The van der Waals surface area contributed by atoms with Gasteiger partial charge in [0, 0.05) is 10.4 Å². The fourth-order valence-electron chi connectivity index (χ4n) is 3.42. The number of carbonyl (C=O) groups excluding carboxylic acids is 2. The lowest BCUT2D eigenvalue weighted by Gasteiger charge is -2.35. The van der Waals surface area contributed by atoms with E-state index in [2.05, 4.69) is 10.1 Å². The summed E-state index contributed by atoms with van der Waals surface area (Å²) in [5.74, 6) is -3.74. The van der Waals surface area contributed by atoms with E-state index >= 15 is 0 Å². The van der Waals surface area contributed by atoms with E-state index in [0.717, 1.165) is 53.3 Å². The van der Waals surface area contributed by atoms with Crippen molar-refractivity contribution in [2.24, 2.45) is 0 Å². The van der Waals surface area contributed by atoms with E-state index in [0.29, 0.717) is 18.4 Å². The molecule has 1 aromatic heterocycles. The van der Waals surface area contributed by atoms with Gasteiger partial charge in [0.2, 0.25) is 0 Å². The molecule has 170 valence electrons. The number of hydrogen-bond donors (Lipinski definition) is 2. The van der Waals surface area contributed by atoms with Gasteiger partial charge in [-0.3, -0.25) is 4.79 Å². The number of hydrogen-bond acceptors (Lipinski definition) is 6. The Balaban J connectivity index is 2.09. The van der Waals surface area contributed by atoms with Crippen molar-refractivity contribution < 1.29 is 31.9 Å². The molecular weight excluding hydrogens is 450 g/mol. The average molecular weight is 469 g/mol. The minimum atomic E-state index is -5.34. The first-order valence-corrected chi connectivity index (χ1v) is 10.6. The van der Waals surface area contributed by atoms with Crippen LogP contribution in [0.4, 0.5) is 22.6 Å². The zero-order valence-corrected chi connectivity index (χ0v) is 17.8. The molecule has 2 aromatic rings. The molecule has 1 aromatic carbocycles. The fraction of sp³-hybridized carbons (Fsp3) is 0.381. The van der Waals surface area contributed by atoms with Crippen LogP contribution >= 0.6 is 11.3 Å². The molecule has 0 radical (unpaired) electrons. The summed E-state index contributed by atoms with van der Waals surface area (Å²) in [5.41, 5.74) is -3.29. The number of fused-ring (bicyclic) bond motifs is 1. The van der Waals surface area contributed by atoms with E-state index < -0.39 is 29.5 Å². The second kappa shape index (κ2) is 9.16. The molecule has 2 N–H and O–H groups in total. The number of aryl methyl sites for hydroxylation is 1. The Kier molecular flexibility index (Phi) is 6.74. The van der Waals surface area contributed by atoms with Gasteiger partial charge in [-0.1, -0.05) is 0 Å². The standard InChI is InChI=1S/C21H19F4N3O3S/c1-2-31-19(30)20(21(23,24)25,27-17(29)12-7-9-13(22)10-8-12)28-18-15(11-26)14-5-3-4-6-16(14)32-18/h7-10,28H,2-6H2,1H3,(H,27,29)/t20-/m0/s1. The van der Waals surface area contributed by atoms with Gasteiger partial charge in [-0.2, -0.15) is 18.4 Å². The molecule has 0 unspecified atom stereocenters. The highest BCUT2D eigenvalue weighted by Crippen LogP contribution is 2.41. The summed E-state index contributed by atoms with van der Waals surface area (Å²) < 4.78 is 61.0. The number of amides is 1. The normalized spacial score (nSPS) is 15.1. The fourth-order valence-corrected chi connectivity index (χ4v) is 4.71. The van der Waals surface area contributed by atoms with E-state index in [-0.39, 0.29) is 22.7 Å². The van der Waals surface area contributed by atoms with Crippen molar-refractivity contribution in [3.05, 3.63) is 51.7 Å². The Bertz CT molecular complexity index is 1060. The van der Waals surface area contributed by atoms with Gasteiger partial charge in [0.05, 0.1) is 12.2 Å². The number of nitrogens with zero attached hydrogens (tertiary/aromatic N) is 1. The van der Waals surface area contributed by atoms with Gasteiger partial charge in [0.25, 0.3) is 5.91 Å². The van der Waals surface area contributed by atoms with Crippen molar-refractivity contribution in [2.75, 3.05) is 11.9 Å². The number of alkyl halides is 3. The molecule has 0 saturated carbocycles. The second-order valence-corrected chi connectivity index (χ2v) is 8.19. The first-order valence-electron chi connectivity index (χ1n) is 9.77. The van der Waals surface area contributed by atoms with Gasteiger partial charge in [-0.15, -0.1) is 11.3 Å². The van der Waals surface area contributed by atoms with Crippen LogP contribution in [-0.4, -0.2) is 30.3 Å². The molecule has 0 saturated heterocycles. The van der Waals surface area contributed by atoms with Gasteiger partial charge in [0.1, 0.15) is 16.9 Å². The monoisotopic (exact) mass is 469 g/mol. The molecule has 3 rings (SSSR count). The van der Waals surface area contributed by atoms with Gasteiger partial charge < -0.3 is 15.4 Å². The number of ether oxygens (including phenoxy) is 1. The average Bonchev–Trinajstić information content (AvgIpc) is 3.09. The lowest BCUT2D eigenvalue weighted by Crippen LogP contribution is -2.69. The first kappa shape index (κ1) is 23.5. The molecule has 32 heavy (non-hydrogen) atoms. The molecule has 6 nitrogen and oxygen atoms in total. The van der Waals surface area contributed by atoms with Crippen LogP contribution in [0.15, 0.2) is 24.3 Å². The van der Waals surface area contributed by atoms with Gasteiger partial charge in [-0.05, 0) is 62.4 Å². The van der Waals surface area contributed by atoms with Crippen LogP contribution in [0.25, 0.3) is 0 Å². The predicted molar refractivity (Wildman–Crippen MR) is 109 cm³/mol. The zero-order valence-electron chi connectivity index (χ0n) is 16.9. The summed E-state index contributed by atoms with van der Waals surface area (Å²) in [6, 6.07) is 5.70. The molecule has 1 heterocycles. The number of anilines is 1. The Hall–Kier alpha value is -3.13. The Morgan fingerprint density at radius 1 is 1.19 bits per heavy atom. The number of thiophene rings is 1. The van der Waals surface area contributed by atoms with Crippen molar-refractivity contribution in [3.8, 4) is 6.07 Å². The number of benzene rings is 1. The van der Waals surface area contributed by atoms with Crippen LogP contribution in [0.2, 0.25) is 0 Å². The largest absolute Gasteiger partial charge is 0.463 e. The molecule has 1 atom stereocenters. The van der Waals surface area contributed by atoms with E-state index in [4.69, 9.17) is 0 Å². The highest BCUT2D eigenvalue weighted by molar-refractivity contribution is 7.16. The molecule has 0 aliphatic heterocycles. The number of nitriles is 1. The summed E-state index contributed by atoms with van der Waals surface area (Å²) in [5, 5.41) is 13.2. The molecule has 1 amide bonds. The van der Waals surface area contributed by atoms with Crippen molar-refractivity contribution in [1.82, 2.24) is 5.32 Å². The van der Waals surface area contributed by atoms with E-state index in [1.54, 1.807) is 5.32 Å². The molecule has 11 heteroatoms. The maximum absolute atomic E-state index is 14.4. The van der Waals surface area contributed by atoms with Crippen LogP contribution < -0.4 is 10.6 Å². The maximum Gasteiger partial charge on any atom is 0.441 e. The topological polar surface area (TPSA) is 91.2 Å². The van der Waals surface area contributed by atoms with E-state index in [1.807, 2.05) is 6.07 Å². The molecule has 0 bridgehead atoms.